The number of para-hydroxylation sites is 2. The third-order valence-corrected chi connectivity index (χ3v) is 3.84. The van der Waals surface area contributed by atoms with E-state index in [0.717, 1.165) is 28.8 Å². The van der Waals surface area contributed by atoms with Crippen LogP contribution in [0.25, 0.3) is 22.4 Å². The summed E-state index contributed by atoms with van der Waals surface area (Å²) in [6.45, 7) is 3.94. The number of fused-ring (bicyclic) bond motifs is 1. The predicted octanol–water partition coefficient (Wildman–Crippen LogP) is 3.41. The smallest absolute Gasteiger partial charge is 0.314 e. The summed E-state index contributed by atoms with van der Waals surface area (Å²) < 4.78 is 2.16. The predicted molar refractivity (Wildman–Crippen MR) is 96.9 cm³/mol. The van der Waals surface area contributed by atoms with Gasteiger partial charge in [0.05, 0.1) is 11.0 Å². The van der Waals surface area contributed by atoms with Gasteiger partial charge in [0.25, 0.3) is 0 Å². The number of rotatable bonds is 6. The maximum absolute atomic E-state index is 11.7. The van der Waals surface area contributed by atoms with Crippen molar-refractivity contribution in [2.45, 2.75) is 19.9 Å². The van der Waals surface area contributed by atoms with Crippen LogP contribution in [0.1, 0.15) is 13.3 Å². The molecule has 0 spiro atoms. The zero-order valence-electron chi connectivity index (χ0n) is 13.8. The van der Waals surface area contributed by atoms with E-state index in [0.29, 0.717) is 19.6 Å². The lowest BCUT2D eigenvalue weighted by Crippen LogP contribution is -2.37. The van der Waals surface area contributed by atoms with Crippen LogP contribution in [0.4, 0.5) is 4.79 Å². The van der Waals surface area contributed by atoms with Crippen molar-refractivity contribution in [1.29, 1.82) is 0 Å². The van der Waals surface area contributed by atoms with Gasteiger partial charge in [-0.1, -0.05) is 49.4 Å². The molecule has 0 atom stereocenters. The van der Waals surface area contributed by atoms with Crippen LogP contribution in [0.5, 0.6) is 0 Å². The topological polar surface area (TPSA) is 59.0 Å². The number of hydrogen-bond donors (Lipinski definition) is 2. The monoisotopic (exact) mass is 322 g/mol. The van der Waals surface area contributed by atoms with E-state index < -0.39 is 0 Å². The largest absolute Gasteiger partial charge is 0.338 e. The minimum absolute atomic E-state index is 0.123. The van der Waals surface area contributed by atoms with Gasteiger partial charge in [-0.15, -0.1) is 0 Å². The molecule has 2 aromatic carbocycles. The van der Waals surface area contributed by atoms with E-state index in [-0.39, 0.29) is 6.03 Å². The summed E-state index contributed by atoms with van der Waals surface area (Å²) in [7, 11) is 0. The highest BCUT2D eigenvalue weighted by Crippen LogP contribution is 2.24. The molecule has 0 bridgehead atoms. The molecule has 124 valence electrons. The molecular weight excluding hydrogens is 300 g/mol. The first kappa shape index (κ1) is 16.1. The molecule has 3 rings (SSSR count). The molecule has 2 amide bonds. The van der Waals surface area contributed by atoms with E-state index in [1.165, 1.54) is 0 Å². The number of hydrogen-bond acceptors (Lipinski definition) is 2. The van der Waals surface area contributed by atoms with Crippen molar-refractivity contribution >= 4 is 17.1 Å². The van der Waals surface area contributed by atoms with Crippen LogP contribution in [0, 0.1) is 0 Å². The molecule has 0 aliphatic rings. The molecule has 0 aliphatic heterocycles. The molecule has 24 heavy (non-hydrogen) atoms. The third kappa shape index (κ3) is 3.56. The molecule has 0 radical (unpaired) electrons. The molecule has 0 saturated heterocycles. The van der Waals surface area contributed by atoms with E-state index in [4.69, 9.17) is 4.98 Å². The summed E-state index contributed by atoms with van der Waals surface area (Å²) in [5, 5.41) is 5.72. The molecule has 0 aliphatic carbocycles. The van der Waals surface area contributed by atoms with Crippen LogP contribution in [0.3, 0.4) is 0 Å². The maximum atomic E-state index is 11.7. The Balaban J connectivity index is 1.82. The number of nitrogens with one attached hydrogen (secondary N) is 2. The molecule has 1 aromatic heterocycles. The normalized spacial score (nSPS) is 10.7. The fraction of sp³-hybridized carbons (Fsp3) is 0.263. The lowest BCUT2D eigenvalue weighted by atomic mass is 10.2. The number of urea groups is 1. The minimum Gasteiger partial charge on any atom is -0.338 e. The zero-order chi connectivity index (χ0) is 16.8. The summed E-state index contributed by atoms with van der Waals surface area (Å²) in [4.78, 5) is 16.5. The fourth-order valence-electron chi connectivity index (χ4n) is 2.69. The zero-order valence-corrected chi connectivity index (χ0v) is 13.8. The van der Waals surface area contributed by atoms with Crippen molar-refractivity contribution in [2.24, 2.45) is 0 Å². The van der Waals surface area contributed by atoms with Gasteiger partial charge in [-0.2, -0.15) is 0 Å². The Bertz CT molecular complexity index is 811. The standard InChI is InChI=1S/C19H22N4O/c1-2-12-20-19(24)21-13-14-23-17-11-7-6-10-16(17)22-18(23)15-8-4-3-5-9-15/h3-11H,2,12-14H2,1H3,(H2,20,21,24). The van der Waals surface area contributed by atoms with Crippen LogP contribution in [0.15, 0.2) is 54.6 Å². The summed E-state index contributed by atoms with van der Waals surface area (Å²) in [5.74, 6) is 0.924. The Morgan fingerprint density at radius 3 is 2.50 bits per heavy atom. The molecule has 0 saturated carbocycles. The molecule has 5 nitrogen and oxygen atoms in total. The molecule has 1 heterocycles. The highest BCUT2D eigenvalue weighted by atomic mass is 16.2. The molecule has 2 N–H and O–H groups in total. The Labute approximate surface area is 141 Å². The summed E-state index contributed by atoms with van der Waals surface area (Å²) in [6.07, 6.45) is 0.928. The van der Waals surface area contributed by atoms with Gasteiger partial charge in [0.15, 0.2) is 0 Å². The molecular formula is C19H22N4O. The van der Waals surface area contributed by atoms with Crippen LogP contribution >= 0.6 is 0 Å². The van der Waals surface area contributed by atoms with Gasteiger partial charge in [0.2, 0.25) is 0 Å². The highest BCUT2D eigenvalue weighted by molar-refractivity contribution is 5.80. The van der Waals surface area contributed by atoms with Gasteiger partial charge in [-0.3, -0.25) is 0 Å². The number of amides is 2. The number of carbonyl (C=O) groups is 1. The van der Waals surface area contributed by atoms with E-state index in [9.17, 15) is 4.79 Å². The van der Waals surface area contributed by atoms with Crippen LogP contribution in [0.2, 0.25) is 0 Å². The number of carbonyl (C=O) groups excluding carboxylic acids is 1. The Morgan fingerprint density at radius 1 is 1.00 bits per heavy atom. The fourth-order valence-corrected chi connectivity index (χ4v) is 2.69. The first-order valence-corrected chi connectivity index (χ1v) is 8.32. The summed E-state index contributed by atoms with van der Waals surface area (Å²) in [5.41, 5.74) is 3.11. The lowest BCUT2D eigenvalue weighted by Gasteiger charge is -2.11. The Kier molecular flexibility index (Phi) is 5.11. The quantitative estimate of drug-likeness (QED) is 0.730. The van der Waals surface area contributed by atoms with Crippen molar-refractivity contribution in [2.75, 3.05) is 13.1 Å². The Morgan fingerprint density at radius 2 is 1.71 bits per heavy atom. The second-order valence-electron chi connectivity index (χ2n) is 5.62. The lowest BCUT2D eigenvalue weighted by molar-refractivity contribution is 0.240. The molecule has 3 aromatic rings. The Hall–Kier alpha value is -2.82. The second kappa shape index (κ2) is 7.64. The van der Waals surface area contributed by atoms with Crippen molar-refractivity contribution in [3.8, 4) is 11.4 Å². The number of benzene rings is 2. The van der Waals surface area contributed by atoms with Gasteiger partial charge in [-0.05, 0) is 18.6 Å². The number of aromatic nitrogens is 2. The maximum Gasteiger partial charge on any atom is 0.314 e. The van der Waals surface area contributed by atoms with Gasteiger partial charge >= 0.3 is 6.03 Å². The van der Waals surface area contributed by atoms with Gasteiger partial charge in [0.1, 0.15) is 5.82 Å². The number of imidazole rings is 1. The highest BCUT2D eigenvalue weighted by Gasteiger charge is 2.12. The SMILES string of the molecule is CCCNC(=O)NCCn1c(-c2ccccc2)nc2ccccc21. The average Bonchev–Trinajstić information content (AvgIpc) is 2.99. The molecule has 0 fully saturated rings. The molecule has 5 heteroatoms. The first-order valence-electron chi connectivity index (χ1n) is 8.32. The number of nitrogens with zero attached hydrogens (tertiary/aromatic N) is 2. The van der Waals surface area contributed by atoms with E-state index >= 15 is 0 Å². The van der Waals surface area contributed by atoms with Crippen molar-refractivity contribution in [3.05, 3.63) is 54.6 Å². The van der Waals surface area contributed by atoms with E-state index in [1.54, 1.807) is 0 Å². The van der Waals surface area contributed by atoms with Crippen molar-refractivity contribution in [3.63, 3.8) is 0 Å². The van der Waals surface area contributed by atoms with Gasteiger partial charge in [-0.25, -0.2) is 9.78 Å². The van der Waals surface area contributed by atoms with E-state index in [1.807, 2.05) is 43.3 Å². The van der Waals surface area contributed by atoms with Crippen LogP contribution in [-0.2, 0) is 6.54 Å². The van der Waals surface area contributed by atoms with Gasteiger partial charge in [0, 0.05) is 25.2 Å². The molecule has 0 unspecified atom stereocenters. The van der Waals surface area contributed by atoms with Crippen molar-refractivity contribution < 1.29 is 4.79 Å². The second-order valence-corrected chi connectivity index (χ2v) is 5.62. The third-order valence-electron chi connectivity index (χ3n) is 3.84. The van der Waals surface area contributed by atoms with Crippen LogP contribution in [-0.4, -0.2) is 28.7 Å². The first-order chi connectivity index (χ1) is 11.8. The van der Waals surface area contributed by atoms with Crippen LogP contribution < -0.4 is 10.6 Å². The summed E-state index contributed by atoms with van der Waals surface area (Å²) in [6, 6.07) is 18.1. The average molecular weight is 322 g/mol. The minimum atomic E-state index is -0.123. The van der Waals surface area contributed by atoms with E-state index in [2.05, 4.69) is 33.4 Å². The van der Waals surface area contributed by atoms with Gasteiger partial charge < -0.3 is 15.2 Å². The summed E-state index contributed by atoms with van der Waals surface area (Å²) >= 11 is 0. The van der Waals surface area contributed by atoms with Crippen molar-refractivity contribution in [1.82, 2.24) is 20.2 Å².